The van der Waals surface area contributed by atoms with Crippen LogP contribution in [-0.2, 0) is 19.1 Å². The van der Waals surface area contributed by atoms with E-state index in [9.17, 15) is 4.79 Å². The van der Waals surface area contributed by atoms with Gasteiger partial charge in [-0.15, -0.1) is 0 Å². The van der Waals surface area contributed by atoms with E-state index in [0.29, 0.717) is 19.8 Å². The van der Waals surface area contributed by atoms with Gasteiger partial charge in [0.05, 0.1) is 6.54 Å². The van der Waals surface area contributed by atoms with Crippen molar-refractivity contribution in [3.05, 3.63) is 0 Å². The maximum Gasteiger partial charge on any atom is 0.245 e. The van der Waals surface area contributed by atoms with E-state index < -0.39 is 5.91 Å². The minimum Gasteiger partial charge on any atom is -0.368 e. The number of rotatable bonds is 9. The van der Waals surface area contributed by atoms with Crippen molar-refractivity contribution in [2.24, 2.45) is 5.73 Å². The SMILES string of the molecule is CCOC(CNOCC(N)=O)OCC. The maximum atomic E-state index is 10.3. The summed E-state index contributed by atoms with van der Waals surface area (Å²) in [5.41, 5.74) is 7.40. The van der Waals surface area contributed by atoms with Crippen LogP contribution in [0.4, 0.5) is 0 Å². The highest BCUT2D eigenvalue weighted by atomic mass is 16.7. The van der Waals surface area contributed by atoms with E-state index in [0.717, 1.165) is 0 Å². The molecule has 1 amide bonds. The smallest absolute Gasteiger partial charge is 0.245 e. The Kier molecular flexibility index (Phi) is 8.45. The minimum atomic E-state index is -0.526. The predicted molar refractivity (Wildman–Crippen MR) is 50.2 cm³/mol. The molecule has 0 atom stereocenters. The third-order valence-corrected chi connectivity index (χ3v) is 1.27. The summed E-state index contributed by atoms with van der Waals surface area (Å²) in [6.07, 6.45) is -0.363. The standard InChI is InChI=1S/C8H18N2O4/c1-3-12-8(13-4-2)5-10-14-6-7(9)11/h8,10H,3-6H2,1-2H3,(H2,9,11). The first-order valence-electron chi connectivity index (χ1n) is 4.56. The molecule has 0 saturated carbocycles. The molecule has 0 radical (unpaired) electrons. The number of amides is 1. The van der Waals surface area contributed by atoms with Gasteiger partial charge in [0.25, 0.3) is 0 Å². The predicted octanol–water partition coefficient (Wildman–Crippen LogP) is -0.608. The van der Waals surface area contributed by atoms with Crippen molar-refractivity contribution in [3.63, 3.8) is 0 Å². The number of hydrogen-bond acceptors (Lipinski definition) is 5. The lowest BCUT2D eigenvalue weighted by Gasteiger charge is -2.16. The second-order valence-electron chi connectivity index (χ2n) is 2.44. The number of nitrogens with one attached hydrogen (secondary N) is 1. The summed E-state index contributed by atoms with van der Waals surface area (Å²) in [5.74, 6) is -0.526. The van der Waals surface area contributed by atoms with Crippen LogP contribution in [0.1, 0.15) is 13.8 Å². The highest BCUT2D eigenvalue weighted by Gasteiger charge is 2.06. The number of nitrogens with two attached hydrogens (primary N) is 1. The van der Waals surface area contributed by atoms with Gasteiger partial charge in [0.2, 0.25) is 5.91 Å². The number of hydrogen-bond donors (Lipinski definition) is 2. The average Bonchev–Trinajstić information content (AvgIpc) is 2.12. The molecule has 84 valence electrons. The van der Waals surface area contributed by atoms with E-state index in [1.807, 2.05) is 13.8 Å². The molecule has 0 spiro atoms. The largest absolute Gasteiger partial charge is 0.368 e. The summed E-state index contributed by atoms with van der Waals surface area (Å²) in [6, 6.07) is 0. The summed E-state index contributed by atoms with van der Waals surface area (Å²) >= 11 is 0. The third kappa shape index (κ3) is 7.93. The summed E-state index contributed by atoms with van der Waals surface area (Å²) < 4.78 is 10.4. The molecule has 3 N–H and O–H groups in total. The van der Waals surface area contributed by atoms with Gasteiger partial charge < -0.3 is 15.2 Å². The number of carbonyl (C=O) groups excluding carboxylic acids is 1. The van der Waals surface area contributed by atoms with Crippen LogP contribution in [0, 0.1) is 0 Å². The van der Waals surface area contributed by atoms with Crippen molar-refractivity contribution in [2.75, 3.05) is 26.4 Å². The number of primary amides is 1. The molecule has 6 nitrogen and oxygen atoms in total. The zero-order chi connectivity index (χ0) is 10.8. The third-order valence-electron chi connectivity index (χ3n) is 1.27. The first-order chi connectivity index (χ1) is 6.70. The summed E-state index contributed by atoms with van der Waals surface area (Å²) in [5, 5.41) is 0. The molecule has 0 saturated heterocycles. The molecule has 0 aliphatic carbocycles. The highest BCUT2D eigenvalue weighted by Crippen LogP contribution is 1.92. The quantitative estimate of drug-likeness (QED) is 0.299. The van der Waals surface area contributed by atoms with E-state index in [1.54, 1.807) is 0 Å². The molecule has 0 aliphatic heterocycles. The van der Waals surface area contributed by atoms with Crippen LogP contribution >= 0.6 is 0 Å². The normalized spacial score (nSPS) is 10.8. The maximum absolute atomic E-state index is 10.3. The van der Waals surface area contributed by atoms with Gasteiger partial charge in [0.15, 0.2) is 6.29 Å². The molecule has 0 bridgehead atoms. The fraction of sp³-hybridized carbons (Fsp3) is 0.875. The Hall–Kier alpha value is -0.690. The molecule has 0 fully saturated rings. The number of hydroxylamine groups is 1. The van der Waals surface area contributed by atoms with E-state index in [1.165, 1.54) is 0 Å². The molecular weight excluding hydrogens is 188 g/mol. The van der Waals surface area contributed by atoms with Gasteiger partial charge >= 0.3 is 0 Å². The lowest BCUT2D eigenvalue weighted by atomic mass is 10.6. The van der Waals surface area contributed by atoms with Gasteiger partial charge in [-0.3, -0.25) is 9.63 Å². The van der Waals surface area contributed by atoms with E-state index in [4.69, 9.17) is 20.0 Å². The zero-order valence-electron chi connectivity index (χ0n) is 8.62. The van der Waals surface area contributed by atoms with Crippen molar-refractivity contribution in [1.82, 2.24) is 5.48 Å². The van der Waals surface area contributed by atoms with Crippen LogP contribution < -0.4 is 11.2 Å². The molecule has 0 aromatic carbocycles. The fourth-order valence-corrected chi connectivity index (χ4v) is 0.787. The van der Waals surface area contributed by atoms with Crippen LogP contribution in [0.5, 0.6) is 0 Å². The lowest BCUT2D eigenvalue weighted by molar-refractivity contribution is -0.152. The highest BCUT2D eigenvalue weighted by molar-refractivity contribution is 5.74. The topological polar surface area (TPSA) is 82.8 Å². The van der Waals surface area contributed by atoms with E-state index in [2.05, 4.69) is 5.48 Å². The first kappa shape index (κ1) is 13.3. The van der Waals surface area contributed by atoms with Crippen molar-refractivity contribution in [1.29, 1.82) is 0 Å². The van der Waals surface area contributed by atoms with Gasteiger partial charge in [-0.1, -0.05) is 0 Å². The second kappa shape index (κ2) is 8.89. The molecule has 0 unspecified atom stereocenters. The Labute approximate surface area is 83.6 Å². The Morgan fingerprint density at radius 2 is 1.93 bits per heavy atom. The van der Waals surface area contributed by atoms with Gasteiger partial charge in [0.1, 0.15) is 6.61 Å². The second-order valence-corrected chi connectivity index (χ2v) is 2.44. The summed E-state index contributed by atoms with van der Waals surface area (Å²) in [4.78, 5) is 15.0. The number of ether oxygens (including phenoxy) is 2. The van der Waals surface area contributed by atoms with Crippen LogP contribution in [-0.4, -0.2) is 38.6 Å². The molecule has 14 heavy (non-hydrogen) atoms. The van der Waals surface area contributed by atoms with Crippen LogP contribution in [0.15, 0.2) is 0 Å². The Balaban J connectivity index is 3.44. The van der Waals surface area contributed by atoms with Crippen LogP contribution in [0.25, 0.3) is 0 Å². The lowest BCUT2D eigenvalue weighted by Crippen LogP contribution is -2.34. The Morgan fingerprint density at radius 3 is 2.36 bits per heavy atom. The molecule has 0 aromatic rings. The minimum absolute atomic E-state index is 0.162. The van der Waals surface area contributed by atoms with Crippen molar-refractivity contribution >= 4 is 5.91 Å². The van der Waals surface area contributed by atoms with Gasteiger partial charge in [-0.2, -0.15) is 5.48 Å². The molecule has 6 heteroatoms. The van der Waals surface area contributed by atoms with E-state index in [-0.39, 0.29) is 12.9 Å². The van der Waals surface area contributed by atoms with Gasteiger partial charge in [-0.25, -0.2) is 0 Å². The van der Waals surface area contributed by atoms with Crippen molar-refractivity contribution < 1.29 is 19.1 Å². The van der Waals surface area contributed by atoms with Crippen molar-refractivity contribution in [2.45, 2.75) is 20.1 Å². The summed E-state index contributed by atoms with van der Waals surface area (Å²) in [6.45, 7) is 5.05. The van der Waals surface area contributed by atoms with Crippen LogP contribution in [0.2, 0.25) is 0 Å². The van der Waals surface area contributed by atoms with Crippen molar-refractivity contribution in [3.8, 4) is 0 Å². The molecule has 0 aromatic heterocycles. The van der Waals surface area contributed by atoms with Gasteiger partial charge in [0, 0.05) is 13.2 Å². The summed E-state index contributed by atoms with van der Waals surface area (Å²) in [7, 11) is 0. The van der Waals surface area contributed by atoms with Crippen LogP contribution in [0.3, 0.4) is 0 Å². The average molecular weight is 206 g/mol. The molecular formula is C8H18N2O4. The Morgan fingerprint density at radius 1 is 1.36 bits per heavy atom. The first-order valence-corrected chi connectivity index (χ1v) is 4.56. The zero-order valence-corrected chi connectivity index (χ0v) is 8.62. The fourth-order valence-electron chi connectivity index (χ4n) is 0.787. The van der Waals surface area contributed by atoms with E-state index >= 15 is 0 Å². The monoisotopic (exact) mass is 206 g/mol. The Bertz CT molecular complexity index is 148. The number of carbonyl (C=O) groups is 1. The molecule has 0 heterocycles. The van der Waals surface area contributed by atoms with Gasteiger partial charge in [-0.05, 0) is 13.8 Å². The molecule has 0 rings (SSSR count). The molecule has 0 aliphatic rings.